The minimum atomic E-state index is 0.711. The summed E-state index contributed by atoms with van der Waals surface area (Å²) in [7, 11) is 0. The number of benzene rings is 1. The fourth-order valence-electron chi connectivity index (χ4n) is 3.56. The van der Waals surface area contributed by atoms with E-state index in [1.165, 1.54) is 103 Å². The third-order valence-electron chi connectivity index (χ3n) is 5.36. The smallest absolute Gasteiger partial charge is 0.0851 e. The van der Waals surface area contributed by atoms with Gasteiger partial charge in [-0.25, -0.2) is 5.53 Å². The molecule has 3 nitrogen and oxygen atoms in total. The van der Waals surface area contributed by atoms with Crippen LogP contribution in [0.5, 0.6) is 0 Å². The molecule has 1 aromatic rings. The van der Waals surface area contributed by atoms with E-state index in [2.05, 4.69) is 17.4 Å². The first kappa shape index (κ1) is 23.7. The van der Waals surface area contributed by atoms with Crippen molar-refractivity contribution in [3.63, 3.8) is 0 Å². The van der Waals surface area contributed by atoms with Gasteiger partial charge in [-0.05, 0) is 30.7 Å². The molecule has 0 saturated carbocycles. The minimum Gasteiger partial charge on any atom is -0.385 e. The third kappa shape index (κ3) is 14.4. The second kappa shape index (κ2) is 18.0. The average molecular weight is 374 g/mol. The molecular formula is C24H43N3. The van der Waals surface area contributed by atoms with Gasteiger partial charge in [0.05, 0.1) is 5.69 Å². The van der Waals surface area contributed by atoms with Gasteiger partial charge in [0, 0.05) is 12.2 Å². The van der Waals surface area contributed by atoms with Crippen molar-refractivity contribution in [2.24, 2.45) is 5.11 Å². The summed E-state index contributed by atoms with van der Waals surface area (Å²) in [5.74, 6) is 0. The summed E-state index contributed by atoms with van der Waals surface area (Å²) in [4.78, 5) is 0. The van der Waals surface area contributed by atoms with E-state index in [9.17, 15) is 0 Å². The minimum absolute atomic E-state index is 0.711. The molecule has 0 aromatic heterocycles. The number of hydrogen-bond donors (Lipinski definition) is 2. The molecule has 0 fully saturated rings. The van der Waals surface area contributed by atoms with E-state index in [-0.39, 0.29) is 0 Å². The van der Waals surface area contributed by atoms with Crippen LogP contribution in [0, 0.1) is 5.53 Å². The zero-order valence-electron chi connectivity index (χ0n) is 17.8. The number of rotatable bonds is 19. The van der Waals surface area contributed by atoms with E-state index in [1.807, 2.05) is 24.3 Å². The molecule has 0 atom stereocenters. The van der Waals surface area contributed by atoms with E-state index >= 15 is 0 Å². The van der Waals surface area contributed by atoms with Crippen LogP contribution in [-0.2, 0) is 0 Å². The number of nitrogens with one attached hydrogen (secondary N) is 2. The maximum absolute atomic E-state index is 6.96. The Kier molecular flexibility index (Phi) is 15.8. The predicted molar refractivity (Wildman–Crippen MR) is 119 cm³/mol. The van der Waals surface area contributed by atoms with Gasteiger partial charge in [0.25, 0.3) is 0 Å². The molecular weight excluding hydrogens is 330 g/mol. The highest BCUT2D eigenvalue weighted by molar-refractivity contribution is 5.50. The zero-order valence-corrected chi connectivity index (χ0v) is 17.8. The van der Waals surface area contributed by atoms with Crippen LogP contribution in [0.2, 0.25) is 0 Å². The maximum atomic E-state index is 6.96. The van der Waals surface area contributed by atoms with Gasteiger partial charge in [0.1, 0.15) is 0 Å². The molecule has 2 N–H and O–H groups in total. The van der Waals surface area contributed by atoms with Crippen molar-refractivity contribution in [2.75, 3.05) is 11.9 Å². The monoisotopic (exact) mass is 373 g/mol. The molecule has 27 heavy (non-hydrogen) atoms. The molecule has 0 bridgehead atoms. The second-order valence-corrected chi connectivity index (χ2v) is 7.89. The summed E-state index contributed by atoms with van der Waals surface area (Å²) >= 11 is 0. The Hall–Kier alpha value is -1.38. The summed E-state index contributed by atoms with van der Waals surface area (Å²) in [6.07, 6.45) is 22.6. The molecule has 0 aliphatic carbocycles. The summed E-state index contributed by atoms with van der Waals surface area (Å²) < 4.78 is 0. The Bertz CT molecular complexity index is 441. The van der Waals surface area contributed by atoms with Crippen LogP contribution < -0.4 is 5.32 Å². The lowest BCUT2D eigenvalue weighted by atomic mass is 10.0. The molecule has 1 rings (SSSR count). The van der Waals surface area contributed by atoms with Gasteiger partial charge in [-0.3, -0.25) is 0 Å². The van der Waals surface area contributed by atoms with Gasteiger partial charge in [-0.1, -0.05) is 103 Å². The molecule has 0 amide bonds. The van der Waals surface area contributed by atoms with E-state index in [1.54, 1.807) is 0 Å². The lowest BCUT2D eigenvalue weighted by molar-refractivity contribution is 0.530. The van der Waals surface area contributed by atoms with Crippen molar-refractivity contribution in [2.45, 2.75) is 110 Å². The van der Waals surface area contributed by atoms with Crippen molar-refractivity contribution in [3.05, 3.63) is 24.3 Å². The van der Waals surface area contributed by atoms with E-state index in [4.69, 9.17) is 5.53 Å². The number of nitrogens with zero attached hydrogens (tertiary/aromatic N) is 1. The summed E-state index contributed by atoms with van der Waals surface area (Å²) in [5.41, 5.74) is 8.80. The van der Waals surface area contributed by atoms with E-state index in [0.717, 1.165) is 12.2 Å². The van der Waals surface area contributed by atoms with Crippen molar-refractivity contribution >= 4 is 11.4 Å². The van der Waals surface area contributed by atoms with Gasteiger partial charge in [0.15, 0.2) is 0 Å². The lowest BCUT2D eigenvalue weighted by Crippen LogP contribution is -2.00. The fraction of sp³-hybridized carbons (Fsp3) is 0.750. The number of anilines is 1. The molecule has 0 aliphatic heterocycles. The highest BCUT2D eigenvalue weighted by Crippen LogP contribution is 2.16. The van der Waals surface area contributed by atoms with E-state index in [0.29, 0.717) is 5.69 Å². The van der Waals surface area contributed by atoms with Crippen LogP contribution in [0.1, 0.15) is 110 Å². The highest BCUT2D eigenvalue weighted by atomic mass is 15.0. The molecule has 0 spiro atoms. The summed E-state index contributed by atoms with van der Waals surface area (Å²) in [5, 5.41) is 6.86. The van der Waals surface area contributed by atoms with Gasteiger partial charge >= 0.3 is 0 Å². The SMILES string of the molecule is CCCCCCCCCCCCCCCCCCNc1ccc(N=N)cc1. The largest absolute Gasteiger partial charge is 0.385 e. The lowest BCUT2D eigenvalue weighted by Gasteiger charge is -2.06. The number of unbranched alkanes of at least 4 members (excludes halogenated alkanes) is 15. The molecule has 0 unspecified atom stereocenters. The zero-order chi connectivity index (χ0) is 19.4. The van der Waals surface area contributed by atoms with Crippen LogP contribution in [-0.4, -0.2) is 6.54 Å². The molecule has 0 saturated heterocycles. The van der Waals surface area contributed by atoms with Crippen LogP contribution in [0.15, 0.2) is 29.4 Å². The summed E-state index contributed by atoms with van der Waals surface area (Å²) in [6, 6.07) is 7.76. The maximum Gasteiger partial charge on any atom is 0.0851 e. The van der Waals surface area contributed by atoms with Crippen LogP contribution in [0.25, 0.3) is 0 Å². The van der Waals surface area contributed by atoms with Crippen molar-refractivity contribution < 1.29 is 0 Å². The number of hydrogen-bond acceptors (Lipinski definition) is 3. The topological polar surface area (TPSA) is 48.2 Å². The fourth-order valence-corrected chi connectivity index (χ4v) is 3.56. The van der Waals surface area contributed by atoms with Gasteiger partial charge < -0.3 is 5.32 Å². The predicted octanol–water partition coefficient (Wildman–Crippen LogP) is 9.02. The Morgan fingerprint density at radius 2 is 1.04 bits per heavy atom. The van der Waals surface area contributed by atoms with Crippen LogP contribution in [0.4, 0.5) is 11.4 Å². The Morgan fingerprint density at radius 3 is 1.44 bits per heavy atom. The first-order valence-electron chi connectivity index (χ1n) is 11.6. The quantitative estimate of drug-likeness (QED) is 0.184. The van der Waals surface area contributed by atoms with Crippen molar-refractivity contribution in [1.29, 1.82) is 5.53 Å². The molecule has 3 heteroatoms. The van der Waals surface area contributed by atoms with Crippen molar-refractivity contribution in [3.8, 4) is 0 Å². The molecule has 1 aromatic carbocycles. The molecule has 0 aliphatic rings. The second-order valence-electron chi connectivity index (χ2n) is 7.89. The van der Waals surface area contributed by atoms with E-state index < -0.39 is 0 Å². The van der Waals surface area contributed by atoms with Crippen LogP contribution in [0.3, 0.4) is 0 Å². The van der Waals surface area contributed by atoms with Crippen molar-refractivity contribution in [1.82, 2.24) is 0 Å². The van der Waals surface area contributed by atoms with Gasteiger partial charge in [-0.2, -0.15) is 5.11 Å². The molecule has 154 valence electrons. The third-order valence-corrected chi connectivity index (χ3v) is 5.36. The first-order valence-corrected chi connectivity index (χ1v) is 11.6. The molecule has 0 heterocycles. The molecule has 0 radical (unpaired) electrons. The normalized spacial score (nSPS) is 10.9. The van der Waals surface area contributed by atoms with Gasteiger partial charge in [-0.15, -0.1) is 0 Å². The average Bonchev–Trinajstić information content (AvgIpc) is 2.70. The standard InChI is InChI=1S/C24H43N3/c1-2-3-4-5-6-7-8-9-10-11-12-13-14-15-16-17-22-26-23-18-20-24(27-25)21-19-23/h18-21,25-26H,2-17,22H2,1H3. The highest BCUT2D eigenvalue weighted by Gasteiger charge is 1.96. The first-order chi connectivity index (χ1) is 13.4. The summed E-state index contributed by atoms with van der Waals surface area (Å²) in [6.45, 7) is 3.33. The van der Waals surface area contributed by atoms with Gasteiger partial charge in [0.2, 0.25) is 0 Å². The Morgan fingerprint density at radius 1 is 0.630 bits per heavy atom. The Balaban J connectivity index is 1.76. The van der Waals surface area contributed by atoms with Crippen LogP contribution >= 0.6 is 0 Å². The Labute approximate surface area is 168 Å².